The van der Waals surface area contributed by atoms with Crippen molar-refractivity contribution < 1.29 is 0 Å². The second-order valence-corrected chi connectivity index (χ2v) is 5.37. The lowest BCUT2D eigenvalue weighted by Gasteiger charge is -2.01. The van der Waals surface area contributed by atoms with Crippen molar-refractivity contribution in [2.24, 2.45) is 0 Å². The summed E-state index contributed by atoms with van der Waals surface area (Å²) in [5.74, 6) is 0. The van der Waals surface area contributed by atoms with Gasteiger partial charge >= 0.3 is 0 Å². The molecule has 0 unspecified atom stereocenters. The third-order valence-electron chi connectivity index (χ3n) is 2.29. The van der Waals surface area contributed by atoms with E-state index in [1.54, 1.807) is 23.1 Å². The molecule has 0 saturated heterocycles. The molecule has 3 heteroatoms. The lowest BCUT2D eigenvalue weighted by Crippen LogP contribution is -1.75. The maximum Gasteiger partial charge on any atom is 0.0951 e. The molecular formula is C13H9NS2. The molecule has 0 atom stereocenters. The van der Waals surface area contributed by atoms with Crippen molar-refractivity contribution in [3.05, 3.63) is 54.0 Å². The van der Waals surface area contributed by atoms with Gasteiger partial charge in [0, 0.05) is 9.79 Å². The number of para-hydroxylation sites is 1. The quantitative estimate of drug-likeness (QED) is 0.659. The predicted molar refractivity (Wildman–Crippen MR) is 70.2 cm³/mol. The Balaban J connectivity index is 2.04. The highest BCUT2D eigenvalue weighted by Crippen LogP contribution is 2.33. The Labute approximate surface area is 102 Å². The molecule has 0 amide bonds. The van der Waals surface area contributed by atoms with Crippen LogP contribution in [0.25, 0.3) is 10.2 Å². The van der Waals surface area contributed by atoms with Crippen LogP contribution >= 0.6 is 23.1 Å². The van der Waals surface area contributed by atoms with Gasteiger partial charge in [-0.25, -0.2) is 4.98 Å². The lowest BCUT2D eigenvalue weighted by molar-refractivity contribution is 1.39. The monoisotopic (exact) mass is 243 g/mol. The van der Waals surface area contributed by atoms with Gasteiger partial charge < -0.3 is 0 Å². The Kier molecular flexibility index (Phi) is 2.64. The lowest BCUT2D eigenvalue weighted by atomic mass is 10.3. The molecule has 1 nitrogen and oxygen atoms in total. The molecule has 16 heavy (non-hydrogen) atoms. The molecule has 1 heterocycles. The largest absolute Gasteiger partial charge is 0.243 e. The van der Waals surface area contributed by atoms with Crippen molar-refractivity contribution in [2.75, 3.05) is 0 Å². The summed E-state index contributed by atoms with van der Waals surface area (Å²) >= 11 is 3.45. The molecule has 0 bridgehead atoms. The van der Waals surface area contributed by atoms with Gasteiger partial charge in [-0.3, -0.25) is 0 Å². The number of thiazole rings is 1. The Morgan fingerprint density at radius 2 is 1.81 bits per heavy atom. The SMILES string of the molecule is c1ccc(Sc2cccc3scnc23)cc1. The summed E-state index contributed by atoms with van der Waals surface area (Å²) in [6.45, 7) is 0. The van der Waals surface area contributed by atoms with Gasteiger partial charge in [0.15, 0.2) is 0 Å². The number of rotatable bonds is 2. The van der Waals surface area contributed by atoms with Gasteiger partial charge in [-0.05, 0) is 24.3 Å². The van der Waals surface area contributed by atoms with Gasteiger partial charge in [-0.2, -0.15) is 0 Å². The Morgan fingerprint density at radius 1 is 0.938 bits per heavy atom. The summed E-state index contributed by atoms with van der Waals surface area (Å²) in [5.41, 5.74) is 3.01. The predicted octanol–water partition coefficient (Wildman–Crippen LogP) is 4.45. The van der Waals surface area contributed by atoms with Crippen LogP contribution in [0.4, 0.5) is 0 Å². The molecule has 3 aromatic rings. The van der Waals surface area contributed by atoms with Crippen LogP contribution in [0.2, 0.25) is 0 Å². The first-order chi connectivity index (χ1) is 7.93. The van der Waals surface area contributed by atoms with Crippen LogP contribution in [0, 0.1) is 0 Å². The maximum atomic E-state index is 4.41. The van der Waals surface area contributed by atoms with E-state index in [1.165, 1.54) is 14.5 Å². The van der Waals surface area contributed by atoms with Gasteiger partial charge in [-0.1, -0.05) is 36.0 Å². The fraction of sp³-hybridized carbons (Fsp3) is 0. The molecule has 0 aliphatic carbocycles. The van der Waals surface area contributed by atoms with Gasteiger partial charge in [0.05, 0.1) is 15.7 Å². The van der Waals surface area contributed by atoms with Crippen LogP contribution in [-0.2, 0) is 0 Å². The first-order valence-electron chi connectivity index (χ1n) is 4.98. The second-order valence-electron chi connectivity index (χ2n) is 3.37. The summed E-state index contributed by atoms with van der Waals surface area (Å²) in [5, 5.41) is 0. The minimum absolute atomic E-state index is 1.11. The minimum Gasteiger partial charge on any atom is -0.243 e. The van der Waals surface area contributed by atoms with E-state index in [0.717, 1.165) is 5.52 Å². The normalized spacial score (nSPS) is 10.8. The van der Waals surface area contributed by atoms with E-state index in [0.29, 0.717) is 0 Å². The molecule has 3 rings (SSSR count). The molecular weight excluding hydrogens is 234 g/mol. The van der Waals surface area contributed by atoms with E-state index in [1.807, 2.05) is 11.6 Å². The topological polar surface area (TPSA) is 12.9 Å². The smallest absolute Gasteiger partial charge is 0.0951 e. The molecule has 78 valence electrons. The molecule has 0 saturated carbocycles. The minimum atomic E-state index is 1.11. The zero-order chi connectivity index (χ0) is 10.8. The van der Waals surface area contributed by atoms with E-state index in [9.17, 15) is 0 Å². The molecule has 2 aromatic carbocycles. The number of fused-ring (bicyclic) bond motifs is 1. The average molecular weight is 243 g/mol. The highest BCUT2D eigenvalue weighted by Gasteiger charge is 2.04. The van der Waals surface area contributed by atoms with Crippen molar-refractivity contribution in [2.45, 2.75) is 9.79 Å². The first kappa shape index (κ1) is 9.87. The Bertz CT molecular complexity index is 601. The molecule has 0 N–H and O–H groups in total. The molecule has 0 radical (unpaired) electrons. The fourth-order valence-electron chi connectivity index (χ4n) is 1.56. The van der Waals surface area contributed by atoms with Crippen molar-refractivity contribution in [1.29, 1.82) is 0 Å². The third-order valence-corrected chi connectivity index (χ3v) is 4.15. The van der Waals surface area contributed by atoms with Crippen LogP contribution in [0.3, 0.4) is 0 Å². The van der Waals surface area contributed by atoms with E-state index < -0.39 is 0 Å². The summed E-state index contributed by atoms with van der Waals surface area (Å²) in [7, 11) is 0. The molecule has 1 aromatic heterocycles. The second kappa shape index (κ2) is 4.28. The van der Waals surface area contributed by atoms with Gasteiger partial charge in [-0.15, -0.1) is 11.3 Å². The van der Waals surface area contributed by atoms with E-state index in [4.69, 9.17) is 0 Å². The van der Waals surface area contributed by atoms with E-state index in [-0.39, 0.29) is 0 Å². The van der Waals surface area contributed by atoms with Crippen molar-refractivity contribution in [1.82, 2.24) is 4.98 Å². The zero-order valence-electron chi connectivity index (χ0n) is 8.46. The summed E-state index contributed by atoms with van der Waals surface area (Å²) < 4.78 is 1.25. The third kappa shape index (κ3) is 1.84. The Hall–Kier alpha value is -1.32. The Morgan fingerprint density at radius 3 is 2.69 bits per heavy atom. The number of benzene rings is 2. The van der Waals surface area contributed by atoms with Gasteiger partial charge in [0.2, 0.25) is 0 Å². The molecule has 0 spiro atoms. The van der Waals surface area contributed by atoms with Crippen LogP contribution in [0.5, 0.6) is 0 Å². The van der Waals surface area contributed by atoms with Crippen LogP contribution in [0.15, 0.2) is 63.8 Å². The first-order valence-corrected chi connectivity index (χ1v) is 6.68. The highest BCUT2D eigenvalue weighted by molar-refractivity contribution is 7.99. The van der Waals surface area contributed by atoms with Crippen LogP contribution < -0.4 is 0 Å². The van der Waals surface area contributed by atoms with Crippen LogP contribution in [-0.4, -0.2) is 4.98 Å². The van der Waals surface area contributed by atoms with Crippen molar-refractivity contribution in [3.63, 3.8) is 0 Å². The highest BCUT2D eigenvalue weighted by atomic mass is 32.2. The number of hydrogen-bond acceptors (Lipinski definition) is 3. The molecule has 0 fully saturated rings. The average Bonchev–Trinajstić information content (AvgIpc) is 2.80. The summed E-state index contributed by atoms with van der Waals surface area (Å²) in [6.07, 6.45) is 0. The fourth-order valence-corrected chi connectivity index (χ4v) is 3.28. The van der Waals surface area contributed by atoms with E-state index >= 15 is 0 Å². The number of nitrogens with zero attached hydrogens (tertiary/aromatic N) is 1. The van der Waals surface area contributed by atoms with Gasteiger partial charge in [0.25, 0.3) is 0 Å². The molecule has 0 aliphatic rings. The van der Waals surface area contributed by atoms with Crippen molar-refractivity contribution >= 4 is 33.3 Å². The molecule has 0 aliphatic heterocycles. The summed E-state index contributed by atoms with van der Waals surface area (Å²) in [6, 6.07) is 16.7. The van der Waals surface area contributed by atoms with E-state index in [2.05, 4.69) is 47.4 Å². The number of aromatic nitrogens is 1. The van der Waals surface area contributed by atoms with Crippen LogP contribution in [0.1, 0.15) is 0 Å². The standard InChI is InChI=1S/C13H9NS2/c1-2-5-10(6-3-1)16-12-8-4-7-11-13(12)14-9-15-11/h1-9H. The van der Waals surface area contributed by atoms with Gasteiger partial charge in [0.1, 0.15) is 0 Å². The number of hydrogen-bond donors (Lipinski definition) is 0. The summed E-state index contributed by atoms with van der Waals surface area (Å²) in [4.78, 5) is 6.89. The maximum absolute atomic E-state index is 4.41. The zero-order valence-corrected chi connectivity index (χ0v) is 10.1. The van der Waals surface area contributed by atoms with Crippen molar-refractivity contribution in [3.8, 4) is 0 Å².